The summed E-state index contributed by atoms with van der Waals surface area (Å²) in [6.45, 7) is 4.45. The van der Waals surface area contributed by atoms with Gasteiger partial charge < -0.3 is 38.4 Å². The molecule has 5 aliphatic rings. The third kappa shape index (κ3) is 6.63. The van der Waals surface area contributed by atoms with E-state index in [0.717, 1.165) is 24.0 Å². The van der Waals surface area contributed by atoms with Crippen molar-refractivity contribution >= 4 is 23.7 Å². The van der Waals surface area contributed by atoms with E-state index in [-0.39, 0.29) is 56.4 Å². The fourth-order valence-electron chi connectivity index (χ4n) is 7.51. The summed E-state index contributed by atoms with van der Waals surface area (Å²) >= 11 is 0. The largest absolute Gasteiger partial charge is 0.468 e. The third-order valence-electron chi connectivity index (χ3n) is 10.4. The van der Waals surface area contributed by atoms with Gasteiger partial charge in [-0.3, -0.25) is 19.2 Å². The van der Waals surface area contributed by atoms with Crippen molar-refractivity contribution in [1.29, 1.82) is 0 Å². The Kier molecular flexibility index (Phi) is 9.34. The number of methoxy groups -OCH3 is 1. The number of carbonyl (C=O) groups is 4. The molecule has 0 spiro atoms. The first-order valence-corrected chi connectivity index (χ1v) is 17.1. The highest BCUT2D eigenvalue weighted by atomic mass is 16.7. The van der Waals surface area contributed by atoms with Gasteiger partial charge >= 0.3 is 5.97 Å². The SMILES string of the molecule is COC(=O)[C@]12C[C@H](CC(=O)N3CCN(C(=O)C4CC4)CC3)C(=O)N(Cc3ccc4c(c3)OCO4)C1=C[C@H](COCc1ccccc1)O[C@@H]2C. The molecule has 260 valence electrons. The summed E-state index contributed by atoms with van der Waals surface area (Å²) in [4.78, 5) is 59.9. The lowest BCUT2D eigenvalue weighted by Gasteiger charge is -2.51. The number of hydrogen-bond donors (Lipinski definition) is 0. The van der Waals surface area contributed by atoms with Crippen molar-refractivity contribution in [3.05, 3.63) is 71.4 Å². The number of rotatable bonds is 10. The Morgan fingerprint density at radius 1 is 0.939 bits per heavy atom. The Balaban J connectivity index is 1.15. The van der Waals surface area contributed by atoms with Crippen LogP contribution in [0.3, 0.4) is 0 Å². The van der Waals surface area contributed by atoms with Gasteiger partial charge in [-0.1, -0.05) is 36.4 Å². The van der Waals surface area contributed by atoms with E-state index in [0.29, 0.717) is 50.0 Å². The first kappa shape index (κ1) is 33.1. The molecule has 0 unspecified atom stereocenters. The molecule has 4 atom stereocenters. The molecule has 2 aromatic rings. The summed E-state index contributed by atoms with van der Waals surface area (Å²) in [5, 5.41) is 0. The second-order valence-electron chi connectivity index (χ2n) is 13.5. The Hall–Kier alpha value is -4.42. The van der Waals surface area contributed by atoms with Gasteiger partial charge in [0.2, 0.25) is 24.5 Å². The van der Waals surface area contributed by atoms with Gasteiger partial charge in [0.05, 0.1) is 33.0 Å². The van der Waals surface area contributed by atoms with Gasteiger partial charge in [0.15, 0.2) is 11.5 Å². The topological polar surface area (TPSA) is 124 Å². The molecule has 12 heteroatoms. The standard InChI is InChI=1S/C37H43N3O9/c1-24-37(36(44)45-2)19-28(17-33(41)38-12-14-39(15-13-38)34(42)27-9-10-27)35(43)40(20-26-8-11-30-31(16-26)48-23-47-30)32(37)18-29(49-24)22-46-21-25-6-4-3-5-7-25/h3-8,11,16,18,24,27-29H,9-10,12-15,17,19-23H2,1-2H3/t24-,28+,29-,37+/m1/s1. The summed E-state index contributed by atoms with van der Waals surface area (Å²) in [6.07, 6.45) is 2.45. The molecule has 4 heterocycles. The molecule has 2 saturated heterocycles. The zero-order chi connectivity index (χ0) is 34.1. The van der Waals surface area contributed by atoms with Gasteiger partial charge in [-0.15, -0.1) is 0 Å². The second kappa shape index (κ2) is 13.8. The molecule has 1 saturated carbocycles. The molecule has 0 aromatic heterocycles. The van der Waals surface area contributed by atoms with Crippen LogP contribution in [0.25, 0.3) is 0 Å². The number of nitrogens with zero attached hydrogens (tertiary/aromatic N) is 3. The van der Waals surface area contributed by atoms with E-state index in [2.05, 4.69) is 0 Å². The van der Waals surface area contributed by atoms with Crippen molar-refractivity contribution < 1.29 is 42.9 Å². The van der Waals surface area contributed by atoms with Crippen molar-refractivity contribution in [3.8, 4) is 11.5 Å². The molecular weight excluding hydrogens is 630 g/mol. The molecule has 0 N–H and O–H groups in total. The van der Waals surface area contributed by atoms with E-state index in [4.69, 9.17) is 23.7 Å². The normalized spacial score (nSPS) is 26.2. The number of ether oxygens (including phenoxy) is 5. The van der Waals surface area contributed by atoms with Crippen LogP contribution in [0.5, 0.6) is 11.5 Å². The van der Waals surface area contributed by atoms with Crippen LogP contribution in [0.15, 0.2) is 60.3 Å². The average Bonchev–Trinajstić information content (AvgIpc) is 3.87. The maximum absolute atomic E-state index is 14.5. The van der Waals surface area contributed by atoms with Gasteiger partial charge in [-0.25, -0.2) is 0 Å². The van der Waals surface area contributed by atoms with E-state index < -0.39 is 29.5 Å². The maximum atomic E-state index is 14.5. The number of likely N-dealkylation sites (tertiary alicyclic amines) is 1. The molecule has 1 aliphatic carbocycles. The highest BCUT2D eigenvalue weighted by Gasteiger charge is 2.59. The summed E-state index contributed by atoms with van der Waals surface area (Å²) < 4.78 is 29.0. The maximum Gasteiger partial charge on any atom is 0.320 e. The summed E-state index contributed by atoms with van der Waals surface area (Å²) in [7, 11) is 1.33. The van der Waals surface area contributed by atoms with Gasteiger partial charge in [0.1, 0.15) is 11.5 Å². The van der Waals surface area contributed by atoms with Crippen LogP contribution in [0, 0.1) is 17.3 Å². The minimum atomic E-state index is -1.34. The second-order valence-corrected chi connectivity index (χ2v) is 13.5. The first-order valence-electron chi connectivity index (χ1n) is 17.1. The minimum Gasteiger partial charge on any atom is -0.468 e. The molecule has 4 aliphatic heterocycles. The first-order chi connectivity index (χ1) is 23.8. The van der Waals surface area contributed by atoms with Gasteiger partial charge in [0, 0.05) is 50.1 Å². The molecule has 2 aromatic carbocycles. The Labute approximate surface area is 285 Å². The number of benzene rings is 2. The van der Waals surface area contributed by atoms with E-state index in [1.165, 1.54) is 7.11 Å². The molecule has 3 amide bonds. The highest BCUT2D eigenvalue weighted by Crippen LogP contribution is 2.51. The minimum absolute atomic E-state index is 0.0621. The Morgan fingerprint density at radius 2 is 1.67 bits per heavy atom. The smallest absolute Gasteiger partial charge is 0.320 e. The number of fused-ring (bicyclic) bond motifs is 2. The lowest BCUT2D eigenvalue weighted by atomic mass is 9.66. The van der Waals surface area contributed by atoms with Crippen LogP contribution >= 0.6 is 0 Å². The fourth-order valence-corrected chi connectivity index (χ4v) is 7.51. The fraction of sp³-hybridized carbons (Fsp3) is 0.514. The van der Waals surface area contributed by atoms with Crippen LogP contribution in [0.2, 0.25) is 0 Å². The molecule has 3 fully saturated rings. The molecule has 7 rings (SSSR count). The Morgan fingerprint density at radius 3 is 2.41 bits per heavy atom. The van der Waals surface area contributed by atoms with Crippen LogP contribution in [0.1, 0.15) is 43.7 Å². The number of piperidine rings is 1. The molecule has 0 radical (unpaired) electrons. The van der Waals surface area contributed by atoms with Gasteiger partial charge in [-0.2, -0.15) is 0 Å². The lowest BCUT2D eigenvalue weighted by molar-refractivity contribution is -0.178. The number of amides is 3. The molecule has 0 bridgehead atoms. The lowest BCUT2D eigenvalue weighted by Crippen LogP contribution is -2.60. The van der Waals surface area contributed by atoms with E-state index in [9.17, 15) is 19.2 Å². The Bertz CT molecular complexity index is 1620. The van der Waals surface area contributed by atoms with Crippen molar-refractivity contribution in [3.63, 3.8) is 0 Å². The third-order valence-corrected chi connectivity index (χ3v) is 10.4. The van der Waals surface area contributed by atoms with Crippen molar-refractivity contribution in [1.82, 2.24) is 14.7 Å². The summed E-state index contributed by atoms with van der Waals surface area (Å²) in [6, 6.07) is 15.3. The molecular formula is C37H43N3O9. The van der Waals surface area contributed by atoms with Crippen LogP contribution in [-0.4, -0.2) is 97.3 Å². The number of piperazine rings is 1. The van der Waals surface area contributed by atoms with Crippen LogP contribution in [0.4, 0.5) is 0 Å². The average molecular weight is 674 g/mol. The van der Waals surface area contributed by atoms with Gasteiger partial charge in [0.25, 0.3) is 0 Å². The predicted octanol–water partition coefficient (Wildman–Crippen LogP) is 3.28. The monoisotopic (exact) mass is 673 g/mol. The quantitative estimate of drug-likeness (QED) is 0.350. The number of esters is 1. The van der Waals surface area contributed by atoms with Crippen LogP contribution in [-0.2, 0) is 46.5 Å². The van der Waals surface area contributed by atoms with E-state index in [1.807, 2.05) is 54.3 Å². The number of carbonyl (C=O) groups excluding carboxylic acids is 4. The zero-order valence-corrected chi connectivity index (χ0v) is 28.0. The molecule has 12 nitrogen and oxygen atoms in total. The predicted molar refractivity (Wildman–Crippen MR) is 175 cm³/mol. The van der Waals surface area contributed by atoms with Crippen molar-refractivity contribution in [2.75, 3.05) is 46.7 Å². The van der Waals surface area contributed by atoms with E-state index >= 15 is 0 Å². The van der Waals surface area contributed by atoms with Crippen molar-refractivity contribution in [2.24, 2.45) is 17.3 Å². The van der Waals surface area contributed by atoms with Gasteiger partial charge in [-0.05, 0) is 55.5 Å². The van der Waals surface area contributed by atoms with Crippen LogP contribution < -0.4 is 9.47 Å². The summed E-state index contributed by atoms with van der Waals surface area (Å²) in [5.41, 5.74) is 0.945. The molecule has 49 heavy (non-hydrogen) atoms. The van der Waals surface area contributed by atoms with E-state index in [1.54, 1.807) is 21.9 Å². The summed E-state index contributed by atoms with van der Waals surface area (Å²) in [5.74, 6) is -0.263. The zero-order valence-electron chi connectivity index (χ0n) is 28.0. The number of hydrogen-bond acceptors (Lipinski definition) is 9. The van der Waals surface area contributed by atoms with Crippen molar-refractivity contribution in [2.45, 2.75) is 58.0 Å². The highest BCUT2D eigenvalue weighted by molar-refractivity contribution is 5.93.